The first kappa shape index (κ1) is 61.9. The lowest BCUT2D eigenvalue weighted by molar-refractivity contribution is -0.150. The summed E-state index contributed by atoms with van der Waals surface area (Å²) in [5.41, 5.74) is 12.0. The fourth-order valence-electron chi connectivity index (χ4n) is 8.91. The molecule has 1 aromatic carbocycles. The molecule has 2 aliphatic heterocycles. The maximum atomic E-state index is 14.5. The molecule has 2 saturated heterocycles. The monoisotopic (exact) mass is 1040 g/mol. The molecule has 8 amide bonds. The zero-order valence-corrected chi connectivity index (χ0v) is 43.9. The van der Waals surface area contributed by atoms with Crippen molar-refractivity contribution in [2.45, 2.75) is 173 Å². The Balaban J connectivity index is 1.90. The zero-order chi connectivity index (χ0) is 55.4. The van der Waals surface area contributed by atoms with Gasteiger partial charge in [-0.1, -0.05) is 84.7 Å². The summed E-state index contributed by atoms with van der Waals surface area (Å²) in [5.74, 6) is -8.54. The smallest absolute Gasteiger partial charge is 0.326 e. The number of carboxylic acid groups (broad SMARTS) is 1. The highest BCUT2D eigenvalue weighted by atomic mass is 16.4. The minimum Gasteiger partial charge on any atom is -0.480 e. The van der Waals surface area contributed by atoms with Crippen molar-refractivity contribution in [3.8, 4) is 0 Å². The number of likely N-dealkylation sites (tertiary alicyclic amines) is 2. The maximum absolute atomic E-state index is 14.5. The van der Waals surface area contributed by atoms with Crippen LogP contribution in [0.2, 0.25) is 0 Å². The van der Waals surface area contributed by atoms with E-state index in [1.807, 2.05) is 20.8 Å². The molecule has 2 fully saturated rings. The number of nitrogens with zero attached hydrogens (tertiary/aromatic N) is 2. The molecule has 0 aromatic heterocycles. The third-order valence-electron chi connectivity index (χ3n) is 13.7. The van der Waals surface area contributed by atoms with Crippen LogP contribution in [-0.4, -0.2) is 171 Å². The van der Waals surface area contributed by atoms with E-state index >= 15 is 0 Å². The number of aliphatic hydroxyl groups excluding tert-OH is 2. The lowest BCUT2D eigenvalue weighted by Gasteiger charge is -2.32. The molecular formula is C50H82N12O12. The Labute approximate surface area is 433 Å². The first-order valence-corrected chi connectivity index (χ1v) is 25.8. The topological polar surface area (TPSA) is 381 Å². The molecular weight excluding hydrogens is 961 g/mol. The number of hydrogen-bond acceptors (Lipinski definition) is 13. The highest BCUT2D eigenvalue weighted by Gasteiger charge is 2.42. The Morgan fingerprint density at radius 2 is 1.19 bits per heavy atom. The van der Waals surface area contributed by atoms with E-state index in [1.54, 1.807) is 51.1 Å². The fourth-order valence-corrected chi connectivity index (χ4v) is 8.91. The number of carbonyl (C=O) groups excluding carboxylic acids is 8. The van der Waals surface area contributed by atoms with Crippen molar-refractivity contribution in [3.05, 3.63) is 35.9 Å². The van der Waals surface area contributed by atoms with Gasteiger partial charge in [-0.2, -0.15) is 0 Å². The summed E-state index contributed by atoms with van der Waals surface area (Å²) in [4.78, 5) is 126. The van der Waals surface area contributed by atoms with Gasteiger partial charge in [0.1, 0.15) is 54.4 Å². The molecule has 0 unspecified atom stereocenters. The molecule has 1 aromatic rings. The van der Waals surface area contributed by atoms with Crippen molar-refractivity contribution in [2.75, 3.05) is 26.2 Å². The summed E-state index contributed by atoms with van der Waals surface area (Å²) in [6.07, 6.45) is 1.21. The molecule has 0 aliphatic carbocycles. The summed E-state index contributed by atoms with van der Waals surface area (Å²) in [6.45, 7) is 11.7. The molecule has 15 N–H and O–H groups in total. The average molecular weight is 1040 g/mol. The van der Waals surface area contributed by atoms with Gasteiger partial charge >= 0.3 is 5.97 Å². The second-order valence-electron chi connectivity index (χ2n) is 20.0. The predicted molar refractivity (Wildman–Crippen MR) is 273 cm³/mol. The molecule has 0 spiro atoms. The molecule has 24 nitrogen and oxygen atoms in total. The number of nitrogens with one attached hydrogen (secondary N) is 8. The highest BCUT2D eigenvalue weighted by Crippen LogP contribution is 2.22. The van der Waals surface area contributed by atoms with Gasteiger partial charge in [0, 0.05) is 26.1 Å². The number of aliphatic hydroxyl groups is 2. The van der Waals surface area contributed by atoms with Gasteiger partial charge in [0.05, 0.1) is 12.7 Å². The highest BCUT2D eigenvalue weighted by molar-refractivity contribution is 5.98. The van der Waals surface area contributed by atoms with E-state index in [1.165, 1.54) is 11.8 Å². The molecule has 2 heterocycles. The molecule has 0 bridgehead atoms. The van der Waals surface area contributed by atoms with Gasteiger partial charge in [0.25, 0.3) is 0 Å². The Morgan fingerprint density at radius 3 is 1.72 bits per heavy atom. The van der Waals surface area contributed by atoms with Crippen LogP contribution in [0.15, 0.2) is 30.3 Å². The quantitative estimate of drug-likeness (QED) is 0.0242. The molecule has 0 radical (unpaired) electrons. The number of carbonyl (C=O) groups is 9. The summed E-state index contributed by atoms with van der Waals surface area (Å²) in [7, 11) is 0. The first-order valence-electron chi connectivity index (χ1n) is 25.8. The van der Waals surface area contributed by atoms with Crippen LogP contribution in [0.4, 0.5) is 0 Å². The van der Waals surface area contributed by atoms with Gasteiger partial charge in [-0.05, 0) is 75.2 Å². The average Bonchev–Trinajstić information content (AvgIpc) is 4.07. The van der Waals surface area contributed by atoms with Crippen LogP contribution in [0.25, 0.3) is 0 Å². The van der Waals surface area contributed by atoms with Gasteiger partial charge in [0.2, 0.25) is 47.3 Å². The van der Waals surface area contributed by atoms with Crippen molar-refractivity contribution in [1.82, 2.24) is 47.0 Å². The largest absolute Gasteiger partial charge is 0.480 e. The Bertz CT molecular complexity index is 2100. The van der Waals surface area contributed by atoms with E-state index in [2.05, 4.69) is 37.2 Å². The molecule has 2 aliphatic rings. The van der Waals surface area contributed by atoms with Crippen molar-refractivity contribution < 1.29 is 58.5 Å². The number of nitrogens with two attached hydrogens (primary N) is 2. The zero-order valence-electron chi connectivity index (χ0n) is 43.9. The standard InChI is InChI=1S/C50H82N12O12/c1-8-28(5)39(59-43(67)33(24-27(3)4)56-46(70)40(29(6)9-2)60-44(68)36-19-14-22-61(36)48(72)38(51)30(7)64)45(69)57-34(25-31-16-11-10-12-17-31)42(66)55-32(18-13-21-54-50(52)53)41(65)58-35(26-63)47(71)62-23-15-20-37(62)49(73)74/h10-12,16-17,27-30,32-40,63-64H,8-9,13-15,18-26,51H2,1-7H3,(H,55,66)(H,56,70)(H,57,69)(H,58,65)(H,59,67)(H,60,68)(H,73,74)(H4,52,53,54)/t28-,29-,30+,32-,33-,34-,35-,36-,37-,38-,39-,40-/m0/s1. The SMILES string of the molecule is CC[C@H](C)[C@H](NC(=O)[C@H](CC(C)C)NC(=O)[C@@H](NC(=O)[C@@H]1CCCN1C(=O)[C@@H](N)[C@@H](C)O)[C@@H](C)CC)C(=O)N[C@@H](Cc1ccccc1)C(=O)N[C@@H](CCCNC(=N)N)C(=O)N[C@@H](CO)C(=O)N1CCC[C@H]1C(=O)O. The maximum Gasteiger partial charge on any atom is 0.326 e. The van der Waals surface area contributed by atoms with Crippen molar-refractivity contribution >= 4 is 59.2 Å². The summed E-state index contributed by atoms with van der Waals surface area (Å²) >= 11 is 0. The molecule has 414 valence electrons. The van der Waals surface area contributed by atoms with Gasteiger partial charge < -0.3 is 73.8 Å². The predicted octanol–water partition coefficient (Wildman–Crippen LogP) is -1.69. The third-order valence-corrected chi connectivity index (χ3v) is 13.7. The fraction of sp³-hybridized carbons (Fsp3) is 0.680. The second kappa shape index (κ2) is 30.1. The van der Waals surface area contributed by atoms with Crippen LogP contribution in [0.5, 0.6) is 0 Å². The van der Waals surface area contributed by atoms with Crippen LogP contribution in [0.1, 0.15) is 112 Å². The molecule has 74 heavy (non-hydrogen) atoms. The van der Waals surface area contributed by atoms with Gasteiger partial charge in [0.15, 0.2) is 5.96 Å². The number of rotatable bonds is 29. The Hall–Kier alpha value is -6.40. The van der Waals surface area contributed by atoms with Crippen LogP contribution >= 0.6 is 0 Å². The molecule has 3 rings (SSSR count). The van der Waals surface area contributed by atoms with E-state index in [4.69, 9.17) is 16.9 Å². The van der Waals surface area contributed by atoms with E-state index in [9.17, 15) is 58.5 Å². The van der Waals surface area contributed by atoms with E-state index < -0.39 is 132 Å². The van der Waals surface area contributed by atoms with Gasteiger partial charge in [-0.25, -0.2) is 4.79 Å². The minimum absolute atomic E-state index is 0.0783. The number of aliphatic carboxylic acids is 1. The molecule has 0 saturated carbocycles. The summed E-state index contributed by atoms with van der Waals surface area (Å²) in [6, 6.07) is -2.56. The lowest BCUT2D eigenvalue weighted by atomic mass is 9.94. The van der Waals surface area contributed by atoms with Crippen LogP contribution < -0.4 is 48.7 Å². The normalized spacial score (nSPS) is 19.5. The van der Waals surface area contributed by atoms with E-state index in [0.717, 1.165) is 4.90 Å². The van der Waals surface area contributed by atoms with Crippen molar-refractivity contribution in [1.29, 1.82) is 5.41 Å². The van der Waals surface area contributed by atoms with Crippen LogP contribution in [-0.2, 0) is 49.6 Å². The van der Waals surface area contributed by atoms with E-state index in [-0.39, 0.29) is 63.6 Å². The van der Waals surface area contributed by atoms with Crippen LogP contribution in [0.3, 0.4) is 0 Å². The number of amides is 8. The van der Waals surface area contributed by atoms with E-state index in [0.29, 0.717) is 37.7 Å². The van der Waals surface area contributed by atoms with Crippen LogP contribution in [0, 0.1) is 23.2 Å². The van der Waals surface area contributed by atoms with Crippen molar-refractivity contribution in [3.63, 3.8) is 0 Å². The van der Waals surface area contributed by atoms with Gasteiger partial charge in [-0.15, -0.1) is 0 Å². The Kier molecular flexibility index (Phi) is 25.2. The lowest BCUT2D eigenvalue weighted by Crippen LogP contribution is -2.62. The number of hydrogen-bond donors (Lipinski definition) is 13. The van der Waals surface area contributed by atoms with Gasteiger partial charge in [-0.3, -0.25) is 43.8 Å². The number of carboxylic acids is 1. The summed E-state index contributed by atoms with van der Waals surface area (Å²) in [5, 5.41) is 56.3. The Morgan fingerprint density at radius 1 is 0.689 bits per heavy atom. The summed E-state index contributed by atoms with van der Waals surface area (Å²) < 4.78 is 0. The second-order valence-corrected chi connectivity index (χ2v) is 20.0. The minimum atomic E-state index is -1.55. The first-order chi connectivity index (χ1) is 34.9. The number of benzene rings is 1. The van der Waals surface area contributed by atoms with Crippen molar-refractivity contribution in [2.24, 2.45) is 29.2 Å². The number of guanidine groups is 1. The molecule has 12 atom stereocenters. The third kappa shape index (κ3) is 18.2. The molecule has 24 heteroatoms.